The maximum absolute atomic E-state index is 13.2. The molecule has 1 N–H and O–H groups in total. The summed E-state index contributed by atoms with van der Waals surface area (Å²) in [4.78, 5) is 7.52. The molecule has 4 heteroatoms. The number of H-pyrrole nitrogens is 1. The molecule has 0 saturated carbocycles. The van der Waals surface area contributed by atoms with E-state index in [1.165, 1.54) is 11.6 Å². The van der Waals surface area contributed by atoms with Gasteiger partial charge < -0.3 is 4.98 Å². The number of hydrogen-bond donors (Lipinski definition) is 1. The molecular formula is C15H12F2N2. The number of halogens is 2. The third-order valence-electron chi connectivity index (χ3n) is 3.15. The van der Waals surface area contributed by atoms with E-state index >= 15 is 0 Å². The highest BCUT2D eigenvalue weighted by molar-refractivity contribution is 5.80. The molecule has 1 aromatic heterocycles. The van der Waals surface area contributed by atoms with Gasteiger partial charge in [-0.15, -0.1) is 0 Å². The molecule has 0 unspecified atom stereocenters. The highest BCUT2D eigenvalue weighted by atomic mass is 19.2. The maximum atomic E-state index is 13.2. The second-order valence-corrected chi connectivity index (χ2v) is 4.42. The van der Waals surface area contributed by atoms with E-state index in [9.17, 15) is 8.78 Å². The van der Waals surface area contributed by atoms with Crippen molar-refractivity contribution in [2.45, 2.75) is 13.3 Å². The number of nitrogens with one attached hydrogen (secondary N) is 1. The smallest absolute Gasteiger partial charge is 0.159 e. The predicted octanol–water partition coefficient (Wildman–Crippen LogP) is 4.07. The van der Waals surface area contributed by atoms with Gasteiger partial charge in [0.2, 0.25) is 0 Å². The van der Waals surface area contributed by atoms with Gasteiger partial charge in [0, 0.05) is 5.56 Å². The molecule has 1 heterocycles. The highest BCUT2D eigenvalue weighted by Crippen LogP contribution is 2.23. The standard InChI is InChI=1S/C15H12F2N2/c1-2-9-3-6-13-14(7-9)19-15(18-13)10-4-5-11(16)12(17)8-10/h3-8H,2H2,1H3,(H,18,19). The molecule has 0 saturated heterocycles. The molecule has 3 aromatic rings. The van der Waals surface area contributed by atoms with Crippen molar-refractivity contribution in [3.8, 4) is 11.4 Å². The normalized spacial score (nSPS) is 11.1. The molecule has 0 radical (unpaired) electrons. The third kappa shape index (κ3) is 2.10. The van der Waals surface area contributed by atoms with Crippen LogP contribution in [0.4, 0.5) is 8.78 Å². The minimum Gasteiger partial charge on any atom is -0.338 e. The van der Waals surface area contributed by atoms with Gasteiger partial charge in [-0.25, -0.2) is 13.8 Å². The Morgan fingerprint density at radius 3 is 2.63 bits per heavy atom. The van der Waals surface area contributed by atoms with Crippen molar-refractivity contribution in [1.29, 1.82) is 0 Å². The van der Waals surface area contributed by atoms with Crippen molar-refractivity contribution in [1.82, 2.24) is 9.97 Å². The van der Waals surface area contributed by atoms with E-state index in [1.807, 2.05) is 18.2 Å². The van der Waals surface area contributed by atoms with Gasteiger partial charge in [-0.2, -0.15) is 0 Å². The molecule has 2 aromatic carbocycles. The Hall–Kier alpha value is -2.23. The van der Waals surface area contributed by atoms with Gasteiger partial charge in [0.05, 0.1) is 11.0 Å². The number of aromatic amines is 1. The van der Waals surface area contributed by atoms with Crippen molar-refractivity contribution in [2.24, 2.45) is 0 Å². The maximum Gasteiger partial charge on any atom is 0.159 e. The summed E-state index contributed by atoms with van der Waals surface area (Å²) >= 11 is 0. The van der Waals surface area contributed by atoms with Gasteiger partial charge in [0.1, 0.15) is 5.82 Å². The summed E-state index contributed by atoms with van der Waals surface area (Å²) in [7, 11) is 0. The zero-order valence-electron chi connectivity index (χ0n) is 10.4. The van der Waals surface area contributed by atoms with Gasteiger partial charge in [0.15, 0.2) is 11.6 Å². The first kappa shape index (κ1) is 11.8. The van der Waals surface area contributed by atoms with Gasteiger partial charge >= 0.3 is 0 Å². The van der Waals surface area contributed by atoms with Crippen LogP contribution < -0.4 is 0 Å². The molecule has 0 spiro atoms. The van der Waals surface area contributed by atoms with E-state index in [2.05, 4.69) is 16.9 Å². The van der Waals surface area contributed by atoms with E-state index < -0.39 is 11.6 Å². The Labute approximate surface area is 109 Å². The van der Waals surface area contributed by atoms with Crippen LogP contribution in [0.3, 0.4) is 0 Å². The topological polar surface area (TPSA) is 28.7 Å². The van der Waals surface area contributed by atoms with Crippen LogP contribution in [-0.2, 0) is 6.42 Å². The largest absolute Gasteiger partial charge is 0.338 e. The molecule has 0 aliphatic rings. The summed E-state index contributed by atoms with van der Waals surface area (Å²) in [6.45, 7) is 2.08. The van der Waals surface area contributed by atoms with Crippen LogP contribution in [0.15, 0.2) is 36.4 Å². The summed E-state index contributed by atoms with van der Waals surface area (Å²) in [5.74, 6) is -1.18. The van der Waals surface area contributed by atoms with Crippen molar-refractivity contribution in [2.75, 3.05) is 0 Å². The van der Waals surface area contributed by atoms with Crippen molar-refractivity contribution in [3.05, 3.63) is 53.6 Å². The van der Waals surface area contributed by atoms with Crippen LogP contribution in [0.1, 0.15) is 12.5 Å². The third-order valence-corrected chi connectivity index (χ3v) is 3.15. The lowest BCUT2D eigenvalue weighted by molar-refractivity contribution is 0.509. The molecule has 2 nitrogen and oxygen atoms in total. The van der Waals surface area contributed by atoms with Gasteiger partial charge in [-0.05, 0) is 42.3 Å². The molecular weight excluding hydrogens is 246 g/mol. The lowest BCUT2D eigenvalue weighted by atomic mass is 10.1. The number of aryl methyl sites for hydroxylation is 1. The second-order valence-electron chi connectivity index (χ2n) is 4.42. The minimum absolute atomic E-state index is 0.535. The van der Waals surface area contributed by atoms with Crippen LogP contribution in [0.5, 0.6) is 0 Å². The van der Waals surface area contributed by atoms with Gasteiger partial charge in [-0.3, -0.25) is 0 Å². The molecule has 19 heavy (non-hydrogen) atoms. The second kappa shape index (κ2) is 4.46. The van der Waals surface area contributed by atoms with Crippen molar-refractivity contribution < 1.29 is 8.78 Å². The number of imidazole rings is 1. The summed E-state index contributed by atoms with van der Waals surface area (Å²) in [6.07, 6.45) is 0.940. The zero-order chi connectivity index (χ0) is 13.4. The number of fused-ring (bicyclic) bond motifs is 1. The van der Waals surface area contributed by atoms with E-state index in [0.29, 0.717) is 11.4 Å². The van der Waals surface area contributed by atoms with Crippen molar-refractivity contribution >= 4 is 11.0 Å². The summed E-state index contributed by atoms with van der Waals surface area (Å²) in [5.41, 5.74) is 3.46. The van der Waals surface area contributed by atoms with E-state index in [-0.39, 0.29) is 0 Å². The quantitative estimate of drug-likeness (QED) is 0.737. The van der Waals surface area contributed by atoms with Crippen LogP contribution in [0, 0.1) is 11.6 Å². The Morgan fingerprint density at radius 1 is 1.05 bits per heavy atom. The van der Waals surface area contributed by atoms with Gasteiger partial charge in [-0.1, -0.05) is 13.0 Å². The Kier molecular flexibility index (Phi) is 2.78. The SMILES string of the molecule is CCc1ccc2nc(-c3ccc(F)c(F)c3)[nH]c2c1. The number of nitrogens with zero attached hydrogens (tertiary/aromatic N) is 1. The van der Waals surface area contributed by atoms with E-state index in [0.717, 1.165) is 29.6 Å². The lowest BCUT2D eigenvalue weighted by Crippen LogP contribution is -1.86. The number of hydrogen-bond acceptors (Lipinski definition) is 1. The fourth-order valence-corrected chi connectivity index (χ4v) is 2.06. The Balaban J connectivity index is 2.11. The first-order chi connectivity index (χ1) is 9.17. The molecule has 96 valence electrons. The molecule has 0 aliphatic heterocycles. The molecule has 0 bridgehead atoms. The fraction of sp³-hybridized carbons (Fsp3) is 0.133. The first-order valence-electron chi connectivity index (χ1n) is 6.11. The van der Waals surface area contributed by atoms with Gasteiger partial charge in [0.25, 0.3) is 0 Å². The number of rotatable bonds is 2. The fourth-order valence-electron chi connectivity index (χ4n) is 2.06. The molecule has 0 fully saturated rings. The number of aromatic nitrogens is 2. The van der Waals surface area contributed by atoms with Crippen LogP contribution in [0.2, 0.25) is 0 Å². The molecule has 0 atom stereocenters. The molecule has 3 rings (SSSR count). The van der Waals surface area contributed by atoms with Crippen LogP contribution in [0.25, 0.3) is 22.4 Å². The first-order valence-corrected chi connectivity index (χ1v) is 6.11. The number of benzene rings is 2. The zero-order valence-corrected chi connectivity index (χ0v) is 10.4. The monoisotopic (exact) mass is 258 g/mol. The summed E-state index contributed by atoms with van der Waals surface area (Å²) in [6, 6.07) is 9.72. The summed E-state index contributed by atoms with van der Waals surface area (Å²) < 4.78 is 26.1. The lowest BCUT2D eigenvalue weighted by Gasteiger charge is -1.97. The highest BCUT2D eigenvalue weighted by Gasteiger charge is 2.08. The molecule has 0 aliphatic carbocycles. The average Bonchev–Trinajstić information content (AvgIpc) is 2.84. The van der Waals surface area contributed by atoms with E-state index in [4.69, 9.17) is 0 Å². The Morgan fingerprint density at radius 2 is 1.89 bits per heavy atom. The van der Waals surface area contributed by atoms with Crippen LogP contribution >= 0.6 is 0 Å². The average molecular weight is 258 g/mol. The Bertz CT molecular complexity index is 747. The predicted molar refractivity (Wildman–Crippen MR) is 70.8 cm³/mol. The van der Waals surface area contributed by atoms with Crippen molar-refractivity contribution in [3.63, 3.8) is 0 Å². The molecule has 0 amide bonds. The van der Waals surface area contributed by atoms with E-state index in [1.54, 1.807) is 0 Å². The minimum atomic E-state index is -0.868. The summed E-state index contributed by atoms with van der Waals surface area (Å²) in [5, 5.41) is 0. The van der Waals surface area contributed by atoms with Crippen LogP contribution in [-0.4, -0.2) is 9.97 Å².